The van der Waals surface area contributed by atoms with Crippen LogP contribution >= 0.6 is 0 Å². The standard InChI is InChI=1S/2C16H28O2.C15H21N3.C14H23N3.C13H25NO2.C11H16N2O.C11H21NO2S.C10H21NO2S/c1-12(2)14-6-4-13(5-7-14)10-15(17)18-11-16(3)8-9-16;1-12(2)14-9-7-13(8-10-14)11-16(17)18-15-5-3-4-6-15;1-12(2)14-4-7-18(8-5-14)11-13-3-6-17-15(9-13)10-16;1-11(2)14-4-5-17(8-12(14)3)9-13-6-15-10-16-7-13;1-10(2)11-7-6-8-14(9-11)12(15)16-13(3,4)5;1-8-3-2-4-13(7-8)11(14)10-5-9(10)6-12;1-9-3-5-10(6-4-9)12(2)15(13,14)11-7-8-11;1-8(2)10-5-6-11(7-9(10)3)14(4,12)13/h12-14H,4-11H2,1-3H3;12-15H,3-11H2,1-2H3;3,6,9,12,14H,4-5,7-8,11H2,1-2H3;6-7,10-12,14H,4-5,8-9H2,1-3H3;10-11H,6-9H2,1-5H3;8-10H,2-5,7H2,1H3;9-11H,3-8H2,1-2H3;8-10H,5-7H2,1-4H3/t;;;;11-;8-,9?,10?;;/m....11../s1. The summed E-state index contributed by atoms with van der Waals surface area (Å²) in [7, 11) is -4.15. The summed E-state index contributed by atoms with van der Waals surface area (Å²) >= 11 is 0. The van der Waals surface area contributed by atoms with Crippen molar-refractivity contribution in [2.24, 2.45) is 124 Å². The first-order chi connectivity index (χ1) is 61.3. The number of nitriles is 2. The molecule has 2 aromatic rings. The van der Waals surface area contributed by atoms with Gasteiger partial charge in [-0.05, 0) is 351 Å². The highest BCUT2D eigenvalue weighted by atomic mass is 32.2. The molecule has 0 spiro atoms. The van der Waals surface area contributed by atoms with Crippen LogP contribution in [-0.2, 0) is 61.7 Å². The largest absolute Gasteiger partial charge is 0.465 e. The van der Waals surface area contributed by atoms with E-state index in [2.05, 4.69) is 155 Å². The van der Waals surface area contributed by atoms with Crippen molar-refractivity contribution >= 4 is 44.0 Å². The van der Waals surface area contributed by atoms with Crippen LogP contribution in [0.4, 0.5) is 4.79 Å². The molecule has 22 nitrogen and oxygen atoms in total. The van der Waals surface area contributed by atoms with Crippen molar-refractivity contribution in [1.29, 1.82) is 10.5 Å². The van der Waals surface area contributed by atoms with Crippen molar-refractivity contribution < 1.29 is 50.2 Å². The van der Waals surface area contributed by atoms with Crippen molar-refractivity contribution in [3.05, 3.63) is 53.9 Å². The van der Waals surface area contributed by atoms with E-state index in [1.165, 1.54) is 166 Å². The van der Waals surface area contributed by atoms with Crippen molar-refractivity contribution in [2.45, 2.75) is 374 Å². The molecule has 2 aromatic heterocycles. The number of likely N-dealkylation sites (tertiary alicyclic amines) is 4. The second kappa shape index (κ2) is 54.5. The molecule has 0 aromatic carbocycles. The molecular formula is C106H183N11O11S2. The molecule has 740 valence electrons. The van der Waals surface area contributed by atoms with Crippen LogP contribution in [-0.4, -0.2) is 192 Å². The number of amides is 2. The number of sulfonamides is 2. The third-order valence-electron chi connectivity index (χ3n) is 31.1. The molecule has 6 unspecified atom stereocenters. The molecule has 12 aliphatic rings. The summed E-state index contributed by atoms with van der Waals surface area (Å²) in [5.74, 6) is 13.6. The van der Waals surface area contributed by atoms with E-state index in [1.807, 2.05) is 55.1 Å². The number of hydrogen-bond acceptors (Lipinski definition) is 18. The van der Waals surface area contributed by atoms with Gasteiger partial charge in [0.1, 0.15) is 29.8 Å². The van der Waals surface area contributed by atoms with E-state index in [1.54, 1.807) is 28.2 Å². The van der Waals surface area contributed by atoms with E-state index in [-0.39, 0.29) is 58.8 Å². The van der Waals surface area contributed by atoms with Gasteiger partial charge < -0.3 is 24.0 Å². The Kier molecular flexibility index (Phi) is 46.8. The smallest absolute Gasteiger partial charge is 0.410 e. The van der Waals surface area contributed by atoms with Crippen LogP contribution in [0.3, 0.4) is 0 Å². The zero-order valence-corrected chi connectivity index (χ0v) is 87.2. The second-order valence-electron chi connectivity index (χ2n) is 45.7. The van der Waals surface area contributed by atoms with Crippen LogP contribution in [0.2, 0.25) is 0 Å². The zero-order valence-electron chi connectivity index (χ0n) is 85.6. The molecule has 24 heteroatoms. The van der Waals surface area contributed by atoms with Gasteiger partial charge in [0, 0.05) is 114 Å². The van der Waals surface area contributed by atoms with E-state index in [0.717, 1.165) is 163 Å². The first-order valence-electron chi connectivity index (χ1n) is 51.8. The number of carbonyl (C=O) groups excluding carboxylic acids is 4. The summed E-state index contributed by atoms with van der Waals surface area (Å²) in [6.45, 7) is 56.7. The number of aromatic nitrogens is 3. The lowest BCUT2D eigenvalue weighted by Gasteiger charge is -2.38. The van der Waals surface area contributed by atoms with Crippen molar-refractivity contribution in [1.82, 2.24) is 43.2 Å². The molecule has 12 fully saturated rings. The summed E-state index contributed by atoms with van der Waals surface area (Å²) in [6.07, 6.45) is 43.7. The molecule has 130 heavy (non-hydrogen) atoms. The van der Waals surface area contributed by atoms with Gasteiger partial charge in [-0.1, -0.05) is 118 Å². The number of carbonyl (C=O) groups is 4. The Labute approximate surface area is 791 Å². The van der Waals surface area contributed by atoms with Gasteiger partial charge in [0.05, 0.1) is 36.0 Å². The number of hydrogen-bond donors (Lipinski definition) is 0. The Hall–Kier alpha value is -5.37. The number of piperidine rings is 5. The van der Waals surface area contributed by atoms with Crippen LogP contribution in [0.1, 0.15) is 354 Å². The molecular weight excluding hydrogens is 1670 g/mol. The Morgan fingerprint density at radius 3 is 1.55 bits per heavy atom. The van der Waals surface area contributed by atoms with Crippen LogP contribution < -0.4 is 0 Å². The minimum atomic E-state index is -2.97. The van der Waals surface area contributed by atoms with Gasteiger partial charge in [0.2, 0.25) is 26.0 Å². The van der Waals surface area contributed by atoms with Gasteiger partial charge in [-0.15, -0.1) is 0 Å². The molecule has 0 radical (unpaired) electrons. The Balaban J connectivity index is 0.000000204. The van der Waals surface area contributed by atoms with Crippen LogP contribution in [0.15, 0.2) is 37.1 Å². The fourth-order valence-electron chi connectivity index (χ4n) is 21.3. The normalized spacial score (nSPS) is 28.1. The third-order valence-corrected chi connectivity index (χ3v) is 34.8. The highest BCUT2D eigenvalue weighted by Crippen LogP contribution is 2.46. The lowest BCUT2D eigenvalue weighted by Crippen LogP contribution is -2.43. The Bertz CT molecular complexity index is 3950. The zero-order chi connectivity index (χ0) is 95.8. The van der Waals surface area contributed by atoms with Gasteiger partial charge in [-0.2, -0.15) is 10.5 Å². The maximum absolute atomic E-state index is 12.0. The highest BCUT2D eigenvalue weighted by Gasteiger charge is 2.47. The number of rotatable bonds is 22. The molecule has 7 saturated carbocycles. The lowest BCUT2D eigenvalue weighted by atomic mass is 9.76. The molecule has 7 heterocycles. The van der Waals surface area contributed by atoms with Gasteiger partial charge in [0.15, 0.2) is 0 Å². The molecule has 2 amide bonds. The van der Waals surface area contributed by atoms with Gasteiger partial charge >= 0.3 is 18.0 Å². The third kappa shape index (κ3) is 40.1. The van der Waals surface area contributed by atoms with E-state index >= 15 is 0 Å². The summed E-state index contributed by atoms with van der Waals surface area (Å²) in [5.41, 5.74) is 2.88. The number of ether oxygens (including phenoxy) is 3. The molecule has 5 aliphatic heterocycles. The van der Waals surface area contributed by atoms with Crippen LogP contribution in [0.5, 0.6) is 0 Å². The SMILES string of the molecule is CC(C)C1CCC(CC(=O)OC2CCCC2)CC1.CC(C)C1CCC(CC(=O)OCC2(C)CC2)CC1.CC(C)C1CCN(Cc2ccnc(C#N)c2)CC1.CC(C)C1CCN(Cc2cncnc2)CC1C.CC(C)C1CCN(S(C)(=O)=O)CC1C.CC(C)[C@@H]1CCCN(C(=O)OC(C)(C)C)C1.CC1CCC(N(C)S(=O)(=O)C2CC2)CC1.C[C@@H]1CCCN(C(=O)C2CC2C#N)C1. The maximum Gasteiger partial charge on any atom is 0.410 e. The summed E-state index contributed by atoms with van der Waals surface area (Å²) in [4.78, 5) is 68.4. The van der Waals surface area contributed by atoms with Crippen LogP contribution in [0.25, 0.3) is 0 Å². The average molecular weight is 1850 g/mol. The van der Waals surface area contributed by atoms with Gasteiger partial charge in [-0.3, -0.25) is 24.2 Å². The quantitative estimate of drug-likeness (QED) is 0.0782. The van der Waals surface area contributed by atoms with Crippen LogP contribution in [0, 0.1) is 146 Å². The average Bonchev–Trinajstić information content (AvgIpc) is 1.65. The van der Waals surface area contributed by atoms with E-state index in [0.29, 0.717) is 91.0 Å². The summed E-state index contributed by atoms with van der Waals surface area (Å²) in [5, 5.41) is 17.4. The van der Waals surface area contributed by atoms with E-state index < -0.39 is 20.0 Å². The van der Waals surface area contributed by atoms with Crippen molar-refractivity contribution in [2.75, 3.05) is 85.4 Å². The summed E-state index contributed by atoms with van der Waals surface area (Å²) < 4.78 is 66.3. The second-order valence-corrected chi connectivity index (χ2v) is 49.9. The fraction of sp³-hybridized carbons (Fsp3) is 0.858. The first-order valence-corrected chi connectivity index (χ1v) is 55.2. The number of pyridine rings is 1. The van der Waals surface area contributed by atoms with E-state index in [4.69, 9.17) is 24.7 Å². The Morgan fingerprint density at radius 1 is 0.554 bits per heavy atom. The predicted octanol–water partition coefficient (Wildman–Crippen LogP) is 22.2. The van der Waals surface area contributed by atoms with E-state index in [9.17, 15) is 36.0 Å². The number of esters is 2. The first kappa shape index (κ1) is 112. The molecule has 7 aliphatic carbocycles. The minimum Gasteiger partial charge on any atom is -0.465 e. The fourth-order valence-corrected chi connectivity index (χ4v) is 24.1. The molecule has 5 saturated heterocycles. The minimum absolute atomic E-state index is 0.0136. The van der Waals surface area contributed by atoms with Gasteiger partial charge in [-0.25, -0.2) is 45.2 Å². The monoisotopic (exact) mass is 1850 g/mol. The van der Waals surface area contributed by atoms with Crippen molar-refractivity contribution in [3.8, 4) is 12.1 Å². The molecule has 0 N–H and O–H groups in total. The molecule has 14 rings (SSSR count). The maximum atomic E-state index is 12.0. The topological polar surface area (TPSA) is 270 Å². The lowest BCUT2D eigenvalue weighted by molar-refractivity contribution is -0.150. The molecule has 8 atom stereocenters. The molecule has 0 bridgehead atoms. The van der Waals surface area contributed by atoms with Gasteiger partial charge in [0.25, 0.3) is 0 Å². The predicted molar refractivity (Wildman–Crippen MR) is 525 cm³/mol. The van der Waals surface area contributed by atoms with Crippen molar-refractivity contribution in [3.63, 3.8) is 0 Å². The highest BCUT2D eigenvalue weighted by molar-refractivity contribution is 7.90. The Morgan fingerprint density at radius 2 is 1.07 bits per heavy atom. The summed E-state index contributed by atoms with van der Waals surface area (Å²) in [6, 6.07) is 8.45. The number of nitrogens with zero attached hydrogens (tertiary/aromatic N) is 11.